The average molecular weight is 649 g/mol. The highest BCUT2D eigenvalue weighted by atomic mass is 32.2. The molecule has 0 spiro atoms. The molecule has 0 aromatic heterocycles. The van der Waals surface area contributed by atoms with E-state index in [0.717, 1.165) is 16.6 Å². The molecule has 5 atom stereocenters. The first-order valence-corrected chi connectivity index (χ1v) is 18.8. The Labute approximate surface area is 263 Å². The lowest BCUT2D eigenvalue weighted by atomic mass is 10.1. The number of ether oxygens (including phenoxy) is 4. The Balaban J connectivity index is 1.55. The smallest absolute Gasteiger partial charge is 0.264 e. The molecule has 2 heterocycles. The van der Waals surface area contributed by atoms with E-state index in [-0.39, 0.29) is 24.7 Å². The van der Waals surface area contributed by atoms with Gasteiger partial charge < -0.3 is 28.5 Å². The van der Waals surface area contributed by atoms with Crippen LogP contribution in [0.25, 0.3) is 0 Å². The van der Waals surface area contributed by atoms with Gasteiger partial charge in [-0.05, 0) is 49.5 Å². The molecule has 0 aliphatic carbocycles. The van der Waals surface area contributed by atoms with Crippen LogP contribution in [0.1, 0.15) is 54.9 Å². The Bertz CT molecular complexity index is 1320. The Morgan fingerprint density at radius 1 is 0.955 bits per heavy atom. The predicted molar refractivity (Wildman–Crippen MR) is 172 cm³/mol. The molecule has 2 aromatic rings. The number of benzene rings is 2. The van der Waals surface area contributed by atoms with E-state index in [2.05, 4.69) is 45.0 Å². The first kappa shape index (κ1) is 34.9. The van der Waals surface area contributed by atoms with Crippen LogP contribution in [0, 0.1) is 0 Å². The van der Waals surface area contributed by atoms with Gasteiger partial charge in [0.25, 0.3) is 18.4 Å². The zero-order valence-electron chi connectivity index (χ0n) is 27.1. The number of hydrogen-bond donors (Lipinski definition) is 1. The second-order valence-electron chi connectivity index (χ2n) is 13.5. The average Bonchev–Trinajstić information content (AvgIpc) is 3.45. The van der Waals surface area contributed by atoms with Gasteiger partial charge in [0.15, 0.2) is 11.6 Å². The van der Waals surface area contributed by atoms with Crippen molar-refractivity contribution in [1.29, 1.82) is 0 Å². The van der Waals surface area contributed by atoms with Crippen LogP contribution in [-0.2, 0) is 37.7 Å². The van der Waals surface area contributed by atoms with Crippen molar-refractivity contribution < 1.29 is 41.1 Å². The van der Waals surface area contributed by atoms with Gasteiger partial charge in [-0.15, -0.1) is 0 Å². The summed E-state index contributed by atoms with van der Waals surface area (Å²) in [6.07, 6.45) is 0.701. The van der Waals surface area contributed by atoms with E-state index < -0.39 is 60.5 Å². The van der Waals surface area contributed by atoms with E-state index in [1.807, 2.05) is 50.2 Å². The minimum Gasteiger partial charge on any atom is -0.405 e. The molecule has 11 heteroatoms. The zero-order chi connectivity index (χ0) is 32.4. The standard InChI is InChI=1S/C33H48O9SSi/c1-31(2,3)44(24-16-11-9-12-17-24,25-18-13-10-14-19-25)38-23-29-30(41-33(6,7)40-29)26(34)20-15-21-27(42-43(8,35)36)28-22-37-32(4,5)39-28/h9-20,26-30,34H,21-23H2,1-8H3/b20-15+/t26-,27+,28-,29-,30-/m1/s1. The van der Waals surface area contributed by atoms with Crippen molar-refractivity contribution >= 4 is 28.8 Å². The molecular formula is C33H48O9SSi. The van der Waals surface area contributed by atoms with Crippen molar-refractivity contribution in [2.75, 3.05) is 19.5 Å². The second-order valence-corrected chi connectivity index (χ2v) is 19.4. The number of aliphatic hydroxyl groups is 1. The van der Waals surface area contributed by atoms with Crippen LogP contribution in [0.3, 0.4) is 0 Å². The Morgan fingerprint density at radius 3 is 2.00 bits per heavy atom. The zero-order valence-corrected chi connectivity index (χ0v) is 28.9. The van der Waals surface area contributed by atoms with E-state index in [0.29, 0.717) is 0 Å². The summed E-state index contributed by atoms with van der Waals surface area (Å²) in [5.74, 6) is -1.78. The van der Waals surface area contributed by atoms with Crippen LogP contribution >= 0.6 is 0 Å². The van der Waals surface area contributed by atoms with E-state index in [4.69, 9.17) is 27.6 Å². The maximum Gasteiger partial charge on any atom is 0.264 e. The van der Waals surface area contributed by atoms with Crippen molar-refractivity contribution in [1.82, 2.24) is 0 Å². The van der Waals surface area contributed by atoms with E-state index >= 15 is 0 Å². The summed E-state index contributed by atoms with van der Waals surface area (Å²) in [5, 5.41) is 13.4. The van der Waals surface area contributed by atoms with Gasteiger partial charge in [-0.3, -0.25) is 4.18 Å². The molecule has 2 aliphatic heterocycles. The molecule has 44 heavy (non-hydrogen) atoms. The van der Waals surface area contributed by atoms with Crippen LogP contribution in [0.4, 0.5) is 0 Å². The summed E-state index contributed by atoms with van der Waals surface area (Å²) in [7, 11) is -6.61. The Morgan fingerprint density at radius 2 is 1.52 bits per heavy atom. The van der Waals surface area contributed by atoms with Crippen LogP contribution in [0.2, 0.25) is 5.04 Å². The summed E-state index contributed by atoms with van der Waals surface area (Å²) in [6, 6.07) is 20.7. The van der Waals surface area contributed by atoms with E-state index in [1.165, 1.54) is 0 Å². The summed E-state index contributed by atoms with van der Waals surface area (Å²) in [6.45, 7) is 14.2. The lowest BCUT2D eigenvalue weighted by Crippen LogP contribution is -2.67. The quantitative estimate of drug-likeness (QED) is 0.208. The van der Waals surface area contributed by atoms with Gasteiger partial charge >= 0.3 is 0 Å². The molecule has 0 amide bonds. The lowest BCUT2D eigenvalue weighted by Gasteiger charge is -2.43. The largest absolute Gasteiger partial charge is 0.405 e. The van der Waals surface area contributed by atoms with Crippen LogP contribution in [0.5, 0.6) is 0 Å². The van der Waals surface area contributed by atoms with Gasteiger partial charge in [0.05, 0.1) is 19.5 Å². The van der Waals surface area contributed by atoms with Gasteiger partial charge in [0, 0.05) is 0 Å². The third kappa shape index (κ3) is 8.45. The fourth-order valence-electron chi connectivity index (χ4n) is 6.09. The molecule has 0 unspecified atom stereocenters. The van der Waals surface area contributed by atoms with Gasteiger partial charge in [0.2, 0.25) is 0 Å². The molecule has 9 nitrogen and oxygen atoms in total. The molecule has 2 saturated heterocycles. The Kier molecular flexibility index (Phi) is 10.7. The van der Waals surface area contributed by atoms with Crippen molar-refractivity contribution in [3.05, 3.63) is 72.8 Å². The first-order valence-electron chi connectivity index (χ1n) is 15.1. The molecule has 2 fully saturated rings. The van der Waals surface area contributed by atoms with Gasteiger partial charge in [-0.1, -0.05) is 93.6 Å². The van der Waals surface area contributed by atoms with Crippen molar-refractivity contribution in [2.24, 2.45) is 0 Å². The highest BCUT2D eigenvalue weighted by Crippen LogP contribution is 2.38. The molecule has 1 N–H and O–H groups in total. The van der Waals surface area contributed by atoms with Gasteiger partial charge in [0.1, 0.15) is 30.5 Å². The molecule has 0 bridgehead atoms. The minimum atomic E-state index is -3.76. The molecule has 2 aliphatic rings. The molecule has 244 valence electrons. The lowest BCUT2D eigenvalue weighted by molar-refractivity contribution is -0.154. The van der Waals surface area contributed by atoms with E-state index in [1.54, 1.807) is 26.0 Å². The molecule has 0 saturated carbocycles. The monoisotopic (exact) mass is 648 g/mol. The first-order chi connectivity index (χ1) is 20.4. The predicted octanol–water partition coefficient (Wildman–Crippen LogP) is 3.89. The van der Waals surface area contributed by atoms with Gasteiger partial charge in [-0.2, -0.15) is 8.42 Å². The fraction of sp³-hybridized carbons (Fsp3) is 0.576. The Hall–Kier alpha value is -1.93. The highest BCUT2D eigenvalue weighted by Gasteiger charge is 2.52. The van der Waals surface area contributed by atoms with Crippen molar-refractivity contribution in [3.8, 4) is 0 Å². The summed E-state index contributed by atoms with van der Waals surface area (Å²) in [5.41, 5.74) is 0. The summed E-state index contributed by atoms with van der Waals surface area (Å²) >= 11 is 0. The minimum absolute atomic E-state index is 0.175. The summed E-state index contributed by atoms with van der Waals surface area (Å²) < 4.78 is 60.3. The number of hydrogen-bond acceptors (Lipinski definition) is 9. The van der Waals surface area contributed by atoms with E-state index in [9.17, 15) is 13.5 Å². The van der Waals surface area contributed by atoms with Crippen LogP contribution < -0.4 is 10.4 Å². The maximum absolute atomic E-state index is 12.0. The summed E-state index contributed by atoms with van der Waals surface area (Å²) in [4.78, 5) is 0. The normalized spacial score (nSPS) is 25.3. The fourth-order valence-corrected chi connectivity index (χ4v) is 11.3. The topological polar surface area (TPSA) is 110 Å². The third-order valence-corrected chi connectivity index (χ3v) is 13.5. The molecule has 4 rings (SSSR count). The maximum atomic E-state index is 12.0. The third-order valence-electron chi connectivity index (χ3n) is 7.88. The van der Waals surface area contributed by atoms with Crippen molar-refractivity contribution in [3.63, 3.8) is 0 Å². The second kappa shape index (κ2) is 13.4. The van der Waals surface area contributed by atoms with Gasteiger partial charge in [-0.25, -0.2) is 0 Å². The number of aliphatic hydroxyl groups excluding tert-OH is 1. The molecule has 2 aromatic carbocycles. The highest BCUT2D eigenvalue weighted by molar-refractivity contribution is 7.86. The van der Waals surface area contributed by atoms with Crippen LogP contribution in [0.15, 0.2) is 72.8 Å². The van der Waals surface area contributed by atoms with Crippen LogP contribution in [-0.4, -0.2) is 83.4 Å². The molecular weight excluding hydrogens is 601 g/mol. The SMILES string of the molecule is CC1(C)O[C@H]([C@H](O)/C=C/C[C@H](OS(C)(=O)=O)[C@H]2COC(C)(C)O2)[C@@H](CO[Si](c2ccccc2)(c2ccccc2)C(C)(C)C)O1. The molecule has 0 radical (unpaired) electrons. The number of rotatable bonds is 12. The van der Waals surface area contributed by atoms with Crippen molar-refractivity contribution in [2.45, 2.75) is 102 Å².